The number of halogens is 6. The monoisotopic (exact) mass is 510 g/mol. The van der Waals surface area contributed by atoms with E-state index in [1.165, 1.54) is 13.8 Å². The van der Waals surface area contributed by atoms with E-state index in [2.05, 4.69) is 23.7 Å². The van der Waals surface area contributed by atoms with Gasteiger partial charge in [-0.05, 0) is 60.1 Å². The quantitative estimate of drug-likeness (QED) is 0.287. The smallest absolute Gasteiger partial charge is 0.166 e. The summed E-state index contributed by atoms with van der Waals surface area (Å²) in [6, 6.07) is 5.31. The van der Waals surface area contributed by atoms with Crippen molar-refractivity contribution in [3.05, 3.63) is 57.6 Å². The first-order chi connectivity index (χ1) is 15.8. The van der Waals surface area contributed by atoms with Gasteiger partial charge in [-0.25, -0.2) is 0 Å². The zero-order chi connectivity index (χ0) is 27.0. The van der Waals surface area contributed by atoms with Gasteiger partial charge in [0.2, 0.25) is 0 Å². The summed E-state index contributed by atoms with van der Waals surface area (Å²) >= 11 is 0.837. The van der Waals surface area contributed by atoms with Crippen molar-refractivity contribution in [2.75, 3.05) is 0 Å². The van der Waals surface area contributed by atoms with Gasteiger partial charge in [0.05, 0.1) is 22.3 Å². The molecule has 0 unspecified atom stereocenters. The molecule has 0 spiro atoms. The van der Waals surface area contributed by atoms with E-state index in [4.69, 9.17) is 0 Å². The standard InChI is InChI=1S/C28H28F6S/c1-9-11-19-21(27(29,30)31)13-17(25(3,4)5)15-23(19)35-24-16-18(26(6,7)8)14-22(28(32,33)34)20(24)12-10-2/h13-16H,1-8H3. The zero-order valence-corrected chi connectivity index (χ0v) is 21.8. The molecular formula is C28H28F6S. The summed E-state index contributed by atoms with van der Waals surface area (Å²) in [6.45, 7) is 13.5. The number of benzene rings is 2. The Kier molecular flexibility index (Phi) is 8.09. The Balaban J connectivity index is 3.01. The average molecular weight is 511 g/mol. The molecule has 0 saturated heterocycles. The predicted molar refractivity (Wildman–Crippen MR) is 130 cm³/mol. The molecule has 0 radical (unpaired) electrons. The highest BCUT2D eigenvalue weighted by Gasteiger charge is 2.38. The van der Waals surface area contributed by atoms with Gasteiger partial charge in [-0.15, -0.1) is 11.8 Å². The second-order valence-electron chi connectivity index (χ2n) is 10.1. The summed E-state index contributed by atoms with van der Waals surface area (Å²) in [4.78, 5) is 0.273. The normalized spacial score (nSPS) is 12.5. The van der Waals surface area contributed by atoms with Gasteiger partial charge in [-0.2, -0.15) is 26.3 Å². The van der Waals surface area contributed by atoms with E-state index in [0.29, 0.717) is 11.1 Å². The Morgan fingerprint density at radius 2 is 0.886 bits per heavy atom. The highest BCUT2D eigenvalue weighted by molar-refractivity contribution is 7.99. The third-order valence-corrected chi connectivity index (χ3v) is 6.35. The molecule has 7 heteroatoms. The lowest BCUT2D eigenvalue weighted by molar-refractivity contribution is -0.138. The fraction of sp³-hybridized carbons (Fsp3) is 0.429. The average Bonchev–Trinajstić information content (AvgIpc) is 2.67. The first-order valence-corrected chi connectivity index (χ1v) is 11.7. The summed E-state index contributed by atoms with van der Waals surface area (Å²) in [7, 11) is 0. The Bertz CT molecular complexity index is 1130. The van der Waals surface area contributed by atoms with Gasteiger partial charge in [-0.1, -0.05) is 65.1 Å². The molecule has 2 aromatic rings. The molecule has 0 aliphatic heterocycles. The van der Waals surface area contributed by atoms with E-state index >= 15 is 0 Å². The molecule has 0 fully saturated rings. The van der Waals surface area contributed by atoms with Crippen LogP contribution in [0.5, 0.6) is 0 Å². The summed E-state index contributed by atoms with van der Waals surface area (Å²) in [5.74, 6) is 10.1. The maximum absolute atomic E-state index is 14.1. The highest BCUT2D eigenvalue weighted by Crippen LogP contribution is 2.45. The van der Waals surface area contributed by atoms with Gasteiger partial charge >= 0.3 is 12.4 Å². The lowest BCUT2D eigenvalue weighted by Crippen LogP contribution is -2.17. The fourth-order valence-electron chi connectivity index (χ4n) is 3.33. The Hall–Kier alpha value is -2.51. The van der Waals surface area contributed by atoms with Crippen molar-refractivity contribution >= 4 is 11.8 Å². The van der Waals surface area contributed by atoms with E-state index in [1.807, 2.05) is 0 Å². The van der Waals surface area contributed by atoms with Crippen LogP contribution in [-0.2, 0) is 23.2 Å². The minimum Gasteiger partial charge on any atom is -0.166 e. The van der Waals surface area contributed by atoms with E-state index in [9.17, 15) is 26.3 Å². The second-order valence-corrected chi connectivity index (χ2v) is 11.2. The third-order valence-electron chi connectivity index (χ3n) is 5.27. The van der Waals surface area contributed by atoms with E-state index in [0.717, 1.165) is 23.9 Å². The van der Waals surface area contributed by atoms with E-state index in [1.54, 1.807) is 53.7 Å². The summed E-state index contributed by atoms with van der Waals surface area (Å²) < 4.78 is 84.3. The third kappa shape index (κ3) is 6.79. The van der Waals surface area contributed by atoms with Gasteiger partial charge in [0.1, 0.15) is 0 Å². The number of hydrogen-bond donors (Lipinski definition) is 0. The fourth-order valence-corrected chi connectivity index (χ4v) is 4.47. The van der Waals surface area contributed by atoms with Crippen LogP contribution in [0.3, 0.4) is 0 Å². The van der Waals surface area contributed by atoms with Gasteiger partial charge in [0.25, 0.3) is 0 Å². The molecule has 0 heterocycles. The number of alkyl halides is 6. The molecule has 0 saturated carbocycles. The van der Waals surface area contributed by atoms with Crippen LogP contribution in [0.4, 0.5) is 26.3 Å². The molecule has 35 heavy (non-hydrogen) atoms. The Morgan fingerprint density at radius 3 is 1.11 bits per heavy atom. The van der Waals surface area contributed by atoms with Crippen LogP contribution in [0.1, 0.15) is 88.8 Å². The van der Waals surface area contributed by atoms with Crippen molar-refractivity contribution in [1.82, 2.24) is 0 Å². The molecule has 0 atom stereocenters. The SMILES string of the molecule is CC#Cc1c(Sc2cc(C(C)(C)C)cc(C(F)(F)F)c2C#CC)cc(C(C)(C)C)cc1C(F)(F)F. The van der Waals surface area contributed by atoms with Crippen molar-refractivity contribution in [3.8, 4) is 23.7 Å². The summed E-state index contributed by atoms with van der Waals surface area (Å²) in [5, 5.41) is 0. The molecule has 2 aromatic carbocycles. The molecule has 0 aliphatic carbocycles. The highest BCUT2D eigenvalue weighted by atomic mass is 32.2. The Morgan fingerprint density at radius 1 is 0.571 bits per heavy atom. The van der Waals surface area contributed by atoms with Crippen LogP contribution in [0.15, 0.2) is 34.1 Å². The molecule has 0 N–H and O–H groups in total. The topological polar surface area (TPSA) is 0 Å². The minimum atomic E-state index is -4.69. The van der Waals surface area contributed by atoms with Crippen LogP contribution < -0.4 is 0 Å². The first-order valence-electron chi connectivity index (χ1n) is 10.9. The molecule has 0 nitrogen and oxygen atoms in total. The van der Waals surface area contributed by atoms with Crippen molar-refractivity contribution in [2.24, 2.45) is 0 Å². The Labute approximate surface area is 207 Å². The first kappa shape index (κ1) is 28.7. The minimum absolute atomic E-state index is 0.137. The van der Waals surface area contributed by atoms with Crippen LogP contribution >= 0.6 is 11.8 Å². The number of rotatable bonds is 2. The second kappa shape index (κ2) is 9.86. The van der Waals surface area contributed by atoms with Gasteiger partial charge < -0.3 is 0 Å². The van der Waals surface area contributed by atoms with Crippen LogP contribution in [-0.4, -0.2) is 0 Å². The van der Waals surface area contributed by atoms with E-state index in [-0.39, 0.29) is 20.9 Å². The van der Waals surface area contributed by atoms with Crippen LogP contribution in [0.2, 0.25) is 0 Å². The predicted octanol–water partition coefficient (Wildman–Crippen LogP) is 9.21. The van der Waals surface area contributed by atoms with E-state index < -0.39 is 34.3 Å². The van der Waals surface area contributed by atoms with Gasteiger partial charge in [0, 0.05) is 9.79 Å². The van der Waals surface area contributed by atoms with Crippen molar-refractivity contribution in [1.29, 1.82) is 0 Å². The lowest BCUT2D eigenvalue weighted by atomic mass is 9.85. The summed E-state index contributed by atoms with van der Waals surface area (Å²) in [5.41, 5.74) is -2.80. The molecular weight excluding hydrogens is 482 g/mol. The van der Waals surface area contributed by atoms with Crippen molar-refractivity contribution < 1.29 is 26.3 Å². The molecule has 0 aromatic heterocycles. The summed E-state index contributed by atoms with van der Waals surface area (Å²) in [6.07, 6.45) is -9.38. The molecule has 0 aliphatic rings. The van der Waals surface area contributed by atoms with Crippen molar-refractivity contribution in [3.63, 3.8) is 0 Å². The molecule has 0 bridgehead atoms. The number of hydrogen-bond acceptors (Lipinski definition) is 1. The zero-order valence-electron chi connectivity index (χ0n) is 21.0. The maximum Gasteiger partial charge on any atom is 0.417 e. The van der Waals surface area contributed by atoms with Gasteiger partial charge in [-0.3, -0.25) is 0 Å². The molecule has 2 rings (SSSR count). The lowest BCUT2D eigenvalue weighted by Gasteiger charge is -2.25. The van der Waals surface area contributed by atoms with Gasteiger partial charge in [0.15, 0.2) is 0 Å². The van der Waals surface area contributed by atoms with Crippen LogP contribution in [0.25, 0.3) is 0 Å². The van der Waals surface area contributed by atoms with Crippen molar-refractivity contribution in [2.45, 2.75) is 88.4 Å². The maximum atomic E-state index is 14.1. The molecule has 188 valence electrons. The molecule has 0 amide bonds. The van der Waals surface area contributed by atoms with Crippen LogP contribution in [0, 0.1) is 23.7 Å². The largest absolute Gasteiger partial charge is 0.417 e.